The van der Waals surface area contributed by atoms with Crippen LogP contribution in [0.3, 0.4) is 0 Å². The van der Waals surface area contributed by atoms with Crippen molar-refractivity contribution in [3.05, 3.63) is 0 Å². The van der Waals surface area contributed by atoms with E-state index in [4.69, 9.17) is 5.41 Å². The Labute approximate surface area is 73.6 Å². The zero-order chi connectivity index (χ0) is 9.72. The zero-order valence-electron chi connectivity index (χ0n) is 8.34. The molecule has 2 N–H and O–H groups in total. The number of hydrogen-bond acceptors (Lipinski definition) is 2. The summed E-state index contributed by atoms with van der Waals surface area (Å²) >= 11 is 0. The van der Waals surface area contributed by atoms with Gasteiger partial charge in [0, 0.05) is 35.2 Å². The normalized spacial score (nSPS) is 10.9. The molecule has 5 heteroatoms. The Kier molecular flexibility index (Phi) is 4.10. The lowest BCUT2D eigenvalue weighted by atomic mass is 10.6. The third-order valence-corrected chi connectivity index (χ3v) is 1.47. The Balaban J connectivity index is 4.44. The molecule has 0 rings (SSSR count). The summed E-state index contributed by atoms with van der Waals surface area (Å²) in [6.45, 7) is 0. The topological polar surface area (TPSA) is 54.7 Å². The second-order valence-corrected chi connectivity index (χ2v) is 2.58. The van der Waals surface area contributed by atoms with Crippen LogP contribution in [0.5, 0.6) is 0 Å². The molecule has 0 aliphatic heterocycles. The van der Waals surface area contributed by atoms with Crippen LogP contribution in [-0.2, 0) is 0 Å². The molecule has 0 saturated heterocycles. The number of aliphatic imine (C=N–C) groups is 1. The predicted molar refractivity (Wildman–Crippen MR) is 51.6 cm³/mol. The van der Waals surface area contributed by atoms with Gasteiger partial charge in [-0.05, 0) is 0 Å². The maximum atomic E-state index is 7.48. The summed E-state index contributed by atoms with van der Waals surface area (Å²) in [6.07, 6.45) is 0. The van der Waals surface area contributed by atoms with Gasteiger partial charge in [-0.25, -0.2) is 0 Å². The Morgan fingerprint density at radius 1 is 1.33 bits per heavy atom. The van der Waals surface area contributed by atoms with Gasteiger partial charge in [-0.3, -0.25) is 15.3 Å². The zero-order valence-corrected chi connectivity index (χ0v) is 8.34. The minimum absolute atomic E-state index is 0.323. The first-order valence-corrected chi connectivity index (χ1v) is 3.68. The maximum Gasteiger partial charge on any atom is 0.202 e. The highest BCUT2D eigenvalue weighted by Crippen LogP contribution is 1.90. The van der Waals surface area contributed by atoms with Gasteiger partial charge in [0.2, 0.25) is 5.96 Å². The average Bonchev–Trinajstić information content (AvgIpc) is 2.03. The van der Waals surface area contributed by atoms with Gasteiger partial charge < -0.3 is 10.2 Å². The average molecular weight is 171 g/mol. The van der Waals surface area contributed by atoms with Crippen molar-refractivity contribution >= 4 is 11.9 Å². The number of rotatable bonds is 0. The SMILES string of the molecule is C/N=C(\N(C)C)N(C)C(=N)NC. The monoisotopic (exact) mass is 171 g/mol. The van der Waals surface area contributed by atoms with E-state index < -0.39 is 0 Å². The highest BCUT2D eigenvalue weighted by atomic mass is 15.4. The summed E-state index contributed by atoms with van der Waals surface area (Å²) in [5.74, 6) is 1.07. The van der Waals surface area contributed by atoms with Crippen molar-refractivity contribution < 1.29 is 0 Å². The van der Waals surface area contributed by atoms with Crippen molar-refractivity contribution in [3.8, 4) is 0 Å². The first kappa shape index (κ1) is 10.7. The number of nitrogens with one attached hydrogen (secondary N) is 2. The van der Waals surface area contributed by atoms with Crippen molar-refractivity contribution in [2.45, 2.75) is 0 Å². The van der Waals surface area contributed by atoms with Gasteiger partial charge in [-0.1, -0.05) is 0 Å². The number of nitrogens with zero attached hydrogens (tertiary/aromatic N) is 3. The van der Waals surface area contributed by atoms with Gasteiger partial charge in [-0.15, -0.1) is 0 Å². The van der Waals surface area contributed by atoms with Crippen LogP contribution in [0.1, 0.15) is 0 Å². The summed E-state index contributed by atoms with van der Waals surface area (Å²) < 4.78 is 0. The van der Waals surface area contributed by atoms with Crippen molar-refractivity contribution in [2.24, 2.45) is 4.99 Å². The van der Waals surface area contributed by atoms with E-state index >= 15 is 0 Å². The van der Waals surface area contributed by atoms with Gasteiger partial charge in [-0.2, -0.15) is 0 Å². The minimum atomic E-state index is 0.323. The maximum absolute atomic E-state index is 7.48. The third kappa shape index (κ3) is 2.41. The molecule has 0 saturated carbocycles. The van der Waals surface area contributed by atoms with E-state index in [1.54, 1.807) is 26.0 Å². The molecule has 70 valence electrons. The Morgan fingerprint density at radius 2 is 1.83 bits per heavy atom. The fourth-order valence-corrected chi connectivity index (χ4v) is 0.918. The van der Waals surface area contributed by atoms with E-state index in [1.165, 1.54) is 0 Å². The van der Waals surface area contributed by atoms with Crippen molar-refractivity contribution in [1.29, 1.82) is 5.41 Å². The molecule has 0 amide bonds. The van der Waals surface area contributed by atoms with Crippen LogP contribution in [0.15, 0.2) is 4.99 Å². The second kappa shape index (κ2) is 4.58. The quantitative estimate of drug-likeness (QED) is 0.386. The highest BCUT2D eigenvalue weighted by molar-refractivity contribution is 5.96. The summed E-state index contributed by atoms with van der Waals surface area (Å²) in [7, 11) is 8.99. The lowest BCUT2D eigenvalue weighted by molar-refractivity contribution is 0.522. The van der Waals surface area contributed by atoms with E-state index in [1.807, 2.05) is 19.0 Å². The number of guanidine groups is 2. The molecule has 0 atom stereocenters. The van der Waals surface area contributed by atoms with Crippen LogP contribution in [0.4, 0.5) is 0 Å². The summed E-state index contributed by atoms with van der Waals surface area (Å²) in [6, 6.07) is 0. The summed E-state index contributed by atoms with van der Waals surface area (Å²) in [4.78, 5) is 7.56. The summed E-state index contributed by atoms with van der Waals surface area (Å²) in [5.41, 5.74) is 0. The fraction of sp³-hybridized carbons (Fsp3) is 0.714. The Hall–Kier alpha value is -1.26. The molecule has 12 heavy (non-hydrogen) atoms. The van der Waals surface area contributed by atoms with Gasteiger partial charge >= 0.3 is 0 Å². The summed E-state index contributed by atoms with van der Waals surface area (Å²) in [5, 5.41) is 10.2. The van der Waals surface area contributed by atoms with Gasteiger partial charge in [0.1, 0.15) is 0 Å². The first-order valence-electron chi connectivity index (χ1n) is 3.68. The molecule has 0 aliphatic rings. The first-order chi connectivity index (χ1) is 5.54. The molecule has 0 spiro atoms. The molecule has 0 aromatic rings. The van der Waals surface area contributed by atoms with Crippen LogP contribution in [-0.4, -0.2) is 57.0 Å². The van der Waals surface area contributed by atoms with Crippen LogP contribution in [0.25, 0.3) is 0 Å². The molecule has 5 nitrogen and oxygen atoms in total. The van der Waals surface area contributed by atoms with Gasteiger partial charge in [0.15, 0.2) is 5.96 Å². The molecule has 0 fully saturated rings. The van der Waals surface area contributed by atoms with Gasteiger partial charge in [0.25, 0.3) is 0 Å². The van der Waals surface area contributed by atoms with Crippen LogP contribution < -0.4 is 5.32 Å². The smallest absolute Gasteiger partial charge is 0.202 e. The molecular weight excluding hydrogens is 154 g/mol. The Bertz CT molecular complexity index is 184. The van der Waals surface area contributed by atoms with Crippen LogP contribution in [0.2, 0.25) is 0 Å². The molecule has 0 radical (unpaired) electrons. The van der Waals surface area contributed by atoms with Crippen LogP contribution in [0, 0.1) is 5.41 Å². The third-order valence-electron chi connectivity index (χ3n) is 1.47. The number of hydrogen-bond donors (Lipinski definition) is 2. The van der Waals surface area contributed by atoms with Crippen LogP contribution >= 0.6 is 0 Å². The molecule has 0 bridgehead atoms. The largest absolute Gasteiger partial charge is 0.359 e. The molecule has 0 aliphatic carbocycles. The molecule has 0 unspecified atom stereocenters. The second-order valence-electron chi connectivity index (χ2n) is 2.58. The lowest BCUT2D eigenvalue weighted by Gasteiger charge is -2.25. The Morgan fingerprint density at radius 3 is 2.08 bits per heavy atom. The van der Waals surface area contributed by atoms with E-state index in [-0.39, 0.29) is 0 Å². The van der Waals surface area contributed by atoms with E-state index in [0.29, 0.717) is 5.96 Å². The molecule has 0 heterocycles. The van der Waals surface area contributed by atoms with Crippen molar-refractivity contribution in [2.75, 3.05) is 35.2 Å². The van der Waals surface area contributed by atoms with E-state index in [9.17, 15) is 0 Å². The standard InChI is InChI=1S/C7H17N5/c1-9-6(8)12(5)7(10-2)11(3)4/h1-5H3,(H2,8,9)/b10-7+. The molecule has 0 aromatic heterocycles. The minimum Gasteiger partial charge on any atom is -0.359 e. The van der Waals surface area contributed by atoms with E-state index in [2.05, 4.69) is 10.3 Å². The van der Waals surface area contributed by atoms with E-state index in [0.717, 1.165) is 5.96 Å². The molecular formula is C7H17N5. The predicted octanol–water partition coefficient (Wildman–Crippen LogP) is -0.380. The van der Waals surface area contributed by atoms with Gasteiger partial charge in [0.05, 0.1) is 0 Å². The lowest BCUT2D eigenvalue weighted by Crippen LogP contribution is -2.45. The fourth-order valence-electron chi connectivity index (χ4n) is 0.918. The highest BCUT2D eigenvalue weighted by Gasteiger charge is 2.10. The van der Waals surface area contributed by atoms with Crippen molar-refractivity contribution in [1.82, 2.24) is 15.1 Å². The van der Waals surface area contributed by atoms with Crippen molar-refractivity contribution in [3.63, 3.8) is 0 Å². The molecule has 0 aromatic carbocycles.